The summed E-state index contributed by atoms with van der Waals surface area (Å²) in [6.45, 7) is 0.941. The predicted molar refractivity (Wildman–Crippen MR) is 72.6 cm³/mol. The Bertz CT molecular complexity index is 434. The highest BCUT2D eigenvalue weighted by molar-refractivity contribution is 5.82. The Kier molecular flexibility index (Phi) is 4.42. The smallest absolute Gasteiger partial charge is 0.255 e. The Morgan fingerprint density at radius 1 is 1.26 bits per heavy atom. The van der Waals surface area contributed by atoms with E-state index < -0.39 is 13.0 Å². The van der Waals surface area contributed by atoms with Gasteiger partial charge in [-0.3, -0.25) is 0 Å². The number of ether oxygens (including phenoxy) is 1. The minimum Gasteiger partial charge on any atom is -0.397 e. The van der Waals surface area contributed by atoms with E-state index in [2.05, 4.69) is 5.32 Å². The van der Waals surface area contributed by atoms with Gasteiger partial charge in [0, 0.05) is 13.2 Å². The molecule has 0 aromatic heterocycles. The first-order valence-corrected chi connectivity index (χ1v) is 6.37. The van der Waals surface area contributed by atoms with Crippen LogP contribution in [0.4, 0.5) is 25.8 Å². The molecule has 1 aliphatic rings. The molecule has 1 aliphatic heterocycles. The monoisotopic (exact) mass is 271 g/mol. The van der Waals surface area contributed by atoms with Crippen molar-refractivity contribution in [2.75, 3.05) is 36.5 Å². The topological polar surface area (TPSA) is 73.3 Å². The molecular formula is C13H19F2N3O. The van der Waals surface area contributed by atoms with Crippen LogP contribution in [0.25, 0.3) is 0 Å². The lowest BCUT2D eigenvalue weighted by atomic mass is 9.89. The Morgan fingerprint density at radius 3 is 2.58 bits per heavy atom. The first-order valence-electron chi connectivity index (χ1n) is 6.37. The molecule has 1 aromatic rings. The maximum atomic E-state index is 12.4. The number of nitrogen functional groups attached to an aromatic ring is 2. The van der Waals surface area contributed by atoms with Crippen LogP contribution in [0.15, 0.2) is 12.1 Å². The molecule has 0 radical (unpaired) electrons. The van der Waals surface area contributed by atoms with Gasteiger partial charge in [-0.15, -0.1) is 0 Å². The largest absolute Gasteiger partial charge is 0.397 e. The molecule has 0 saturated carbocycles. The summed E-state index contributed by atoms with van der Waals surface area (Å²) in [6.07, 6.45) is -0.692. The van der Waals surface area contributed by atoms with Crippen LogP contribution >= 0.6 is 0 Å². The zero-order valence-electron chi connectivity index (χ0n) is 10.7. The van der Waals surface area contributed by atoms with E-state index in [0.717, 1.165) is 18.4 Å². The van der Waals surface area contributed by atoms with Crippen molar-refractivity contribution in [1.82, 2.24) is 0 Å². The predicted octanol–water partition coefficient (Wildman–Crippen LogP) is 2.42. The molecule has 6 heteroatoms. The van der Waals surface area contributed by atoms with Crippen molar-refractivity contribution in [2.45, 2.75) is 25.2 Å². The second-order valence-corrected chi connectivity index (χ2v) is 4.69. The fraction of sp³-hybridized carbons (Fsp3) is 0.538. The van der Waals surface area contributed by atoms with E-state index in [9.17, 15) is 8.78 Å². The van der Waals surface area contributed by atoms with Crippen LogP contribution in [0.1, 0.15) is 24.3 Å². The third-order valence-electron chi connectivity index (χ3n) is 3.41. The molecular weight excluding hydrogens is 252 g/mol. The third-order valence-corrected chi connectivity index (χ3v) is 3.41. The van der Waals surface area contributed by atoms with E-state index in [4.69, 9.17) is 16.2 Å². The van der Waals surface area contributed by atoms with Crippen LogP contribution in [0.3, 0.4) is 0 Å². The highest BCUT2D eigenvalue weighted by Gasteiger charge is 2.21. The summed E-state index contributed by atoms with van der Waals surface area (Å²) in [6, 6.07) is 3.60. The Labute approximate surface area is 111 Å². The number of halogens is 2. The zero-order valence-corrected chi connectivity index (χ0v) is 10.7. The number of benzene rings is 1. The third kappa shape index (κ3) is 3.26. The van der Waals surface area contributed by atoms with Gasteiger partial charge >= 0.3 is 0 Å². The number of hydrogen-bond acceptors (Lipinski definition) is 4. The highest BCUT2D eigenvalue weighted by atomic mass is 19.3. The minimum atomic E-state index is -2.43. The summed E-state index contributed by atoms with van der Waals surface area (Å²) in [7, 11) is 0. The van der Waals surface area contributed by atoms with Gasteiger partial charge < -0.3 is 21.5 Å². The van der Waals surface area contributed by atoms with Crippen molar-refractivity contribution in [3.05, 3.63) is 17.7 Å². The molecule has 0 aliphatic carbocycles. The van der Waals surface area contributed by atoms with Crippen LogP contribution < -0.4 is 16.8 Å². The number of anilines is 3. The summed E-state index contributed by atoms with van der Waals surface area (Å²) in [5.74, 6) is 0.275. The maximum absolute atomic E-state index is 12.4. The van der Waals surface area contributed by atoms with Gasteiger partial charge in [-0.1, -0.05) is 6.07 Å². The Hall–Kier alpha value is -1.56. The van der Waals surface area contributed by atoms with E-state index in [-0.39, 0.29) is 5.92 Å². The van der Waals surface area contributed by atoms with Crippen molar-refractivity contribution >= 4 is 17.1 Å². The first-order chi connectivity index (χ1) is 9.09. The van der Waals surface area contributed by atoms with Gasteiger partial charge in [0.1, 0.15) is 0 Å². The molecule has 1 fully saturated rings. The Morgan fingerprint density at radius 2 is 1.95 bits per heavy atom. The van der Waals surface area contributed by atoms with E-state index in [1.807, 2.05) is 6.07 Å². The fourth-order valence-electron chi connectivity index (χ4n) is 2.38. The zero-order chi connectivity index (χ0) is 13.8. The first kappa shape index (κ1) is 13.9. The van der Waals surface area contributed by atoms with Crippen molar-refractivity contribution < 1.29 is 13.5 Å². The number of rotatable bonds is 4. The fourth-order valence-corrected chi connectivity index (χ4v) is 2.38. The molecule has 0 unspecified atom stereocenters. The lowest BCUT2D eigenvalue weighted by molar-refractivity contribution is 0.0854. The average Bonchev–Trinajstić information content (AvgIpc) is 2.41. The van der Waals surface area contributed by atoms with Crippen LogP contribution in [0.2, 0.25) is 0 Å². The number of alkyl halides is 2. The van der Waals surface area contributed by atoms with E-state index in [1.54, 1.807) is 6.07 Å². The summed E-state index contributed by atoms with van der Waals surface area (Å²) in [4.78, 5) is 0. The molecule has 0 amide bonds. The van der Waals surface area contributed by atoms with Crippen molar-refractivity contribution in [1.29, 1.82) is 0 Å². The summed E-state index contributed by atoms with van der Waals surface area (Å²) >= 11 is 0. The number of hydrogen-bond donors (Lipinski definition) is 3. The molecule has 1 aromatic carbocycles. The molecule has 0 atom stereocenters. The molecule has 1 heterocycles. The molecule has 2 rings (SSSR count). The van der Waals surface area contributed by atoms with Gasteiger partial charge in [-0.25, -0.2) is 8.78 Å². The molecule has 0 bridgehead atoms. The molecule has 0 spiro atoms. The van der Waals surface area contributed by atoms with Gasteiger partial charge in [-0.2, -0.15) is 0 Å². The average molecular weight is 271 g/mol. The molecule has 1 saturated heterocycles. The van der Waals surface area contributed by atoms with Crippen LogP contribution in [-0.4, -0.2) is 26.2 Å². The second kappa shape index (κ2) is 6.06. The standard InChI is InChI=1S/C13H19F2N3O/c14-11(15)7-18-13-9(1-2-10(16)12(13)17)8-3-5-19-6-4-8/h1-2,8,11,18H,3-7,16-17H2. The summed E-state index contributed by atoms with van der Waals surface area (Å²) in [5, 5.41) is 2.72. The lowest BCUT2D eigenvalue weighted by Gasteiger charge is -2.26. The normalized spacial score (nSPS) is 16.8. The van der Waals surface area contributed by atoms with Crippen LogP contribution in [-0.2, 0) is 4.74 Å². The highest BCUT2D eigenvalue weighted by Crippen LogP contribution is 2.38. The molecule has 4 nitrogen and oxygen atoms in total. The van der Waals surface area contributed by atoms with Crippen molar-refractivity contribution in [3.8, 4) is 0 Å². The molecule has 106 valence electrons. The second-order valence-electron chi connectivity index (χ2n) is 4.69. The van der Waals surface area contributed by atoms with Crippen molar-refractivity contribution in [2.24, 2.45) is 0 Å². The van der Waals surface area contributed by atoms with Gasteiger partial charge in [-0.05, 0) is 30.4 Å². The maximum Gasteiger partial charge on any atom is 0.255 e. The quantitative estimate of drug-likeness (QED) is 0.735. The van der Waals surface area contributed by atoms with Crippen molar-refractivity contribution in [3.63, 3.8) is 0 Å². The van der Waals surface area contributed by atoms with Gasteiger partial charge in [0.2, 0.25) is 0 Å². The van der Waals surface area contributed by atoms with E-state index in [0.29, 0.717) is 30.3 Å². The van der Waals surface area contributed by atoms with Gasteiger partial charge in [0.05, 0.1) is 23.6 Å². The van der Waals surface area contributed by atoms with Crippen LogP contribution in [0, 0.1) is 0 Å². The Balaban J connectivity index is 2.27. The SMILES string of the molecule is Nc1ccc(C2CCOCC2)c(NCC(F)F)c1N. The molecule has 19 heavy (non-hydrogen) atoms. The summed E-state index contributed by atoms with van der Waals surface area (Å²) in [5.41, 5.74) is 13.9. The van der Waals surface area contributed by atoms with Gasteiger partial charge in [0.25, 0.3) is 6.43 Å². The van der Waals surface area contributed by atoms with Gasteiger partial charge in [0.15, 0.2) is 0 Å². The summed E-state index contributed by atoms with van der Waals surface area (Å²) < 4.78 is 30.1. The number of nitrogens with one attached hydrogen (secondary N) is 1. The van der Waals surface area contributed by atoms with E-state index in [1.165, 1.54) is 0 Å². The molecule has 5 N–H and O–H groups in total. The lowest BCUT2D eigenvalue weighted by Crippen LogP contribution is -2.19. The van der Waals surface area contributed by atoms with Crippen LogP contribution in [0.5, 0.6) is 0 Å². The minimum absolute atomic E-state index is 0.275. The number of nitrogens with two attached hydrogens (primary N) is 2. The van der Waals surface area contributed by atoms with E-state index >= 15 is 0 Å².